The lowest BCUT2D eigenvalue weighted by Crippen LogP contribution is -2.42. The highest BCUT2D eigenvalue weighted by Gasteiger charge is 2.50. The van der Waals surface area contributed by atoms with Crippen molar-refractivity contribution in [2.24, 2.45) is 23.2 Å². The molecule has 0 spiro atoms. The Kier molecular flexibility index (Phi) is 6.91. The summed E-state index contributed by atoms with van der Waals surface area (Å²) in [5.41, 5.74) is 15.8. The van der Waals surface area contributed by atoms with Gasteiger partial charge in [-0.1, -0.05) is 69.1 Å². The van der Waals surface area contributed by atoms with Crippen LogP contribution in [0.1, 0.15) is 88.7 Å². The van der Waals surface area contributed by atoms with E-state index in [-0.39, 0.29) is 5.41 Å². The van der Waals surface area contributed by atoms with Crippen LogP contribution in [0.25, 0.3) is 16.9 Å². The molecule has 0 N–H and O–H groups in total. The minimum atomic E-state index is -0.0634. The standard InChI is InChI=1S/C39H49NO/c1-22(2)36-23(3)17-30-19-29-20-33-34(40(9)10)21-32(35-16-15-31(41-35)18-28-13-11-12-14-28)24(4)37(33)25(5)38(29)27(7)39(30,8)26(36)6/h15-16,21,28-30H,1,5-6,11-14,17-20H2,2-4,7-10H3/t29-,30-,39+/m1/s1. The van der Waals surface area contributed by atoms with Crippen LogP contribution in [-0.2, 0) is 12.8 Å². The van der Waals surface area contributed by atoms with Gasteiger partial charge in [0.15, 0.2) is 0 Å². The van der Waals surface area contributed by atoms with E-state index in [9.17, 15) is 0 Å². The fourth-order valence-corrected chi connectivity index (χ4v) is 9.22. The van der Waals surface area contributed by atoms with Crippen molar-refractivity contribution in [3.63, 3.8) is 0 Å². The van der Waals surface area contributed by atoms with Gasteiger partial charge in [0.05, 0.1) is 0 Å². The third-order valence-electron chi connectivity index (χ3n) is 11.4. The van der Waals surface area contributed by atoms with Crippen LogP contribution in [0.3, 0.4) is 0 Å². The topological polar surface area (TPSA) is 16.4 Å². The van der Waals surface area contributed by atoms with Gasteiger partial charge in [-0.3, -0.25) is 0 Å². The Balaban J connectivity index is 1.46. The van der Waals surface area contributed by atoms with Crippen molar-refractivity contribution in [3.8, 4) is 11.3 Å². The van der Waals surface area contributed by atoms with Crippen molar-refractivity contribution in [1.29, 1.82) is 0 Å². The molecule has 0 radical (unpaired) electrons. The van der Waals surface area contributed by atoms with Gasteiger partial charge in [-0.15, -0.1) is 0 Å². The Labute approximate surface area is 248 Å². The lowest BCUT2D eigenvalue weighted by atomic mass is 9.51. The van der Waals surface area contributed by atoms with Crippen LogP contribution in [-0.4, -0.2) is 14.1 Å². The highest BCUT2D eigenvalue weighted by Crippen LogP contribution is 2.62. The van der Waals surface area contributed by atoms with Gasteiger partial charge < -0.3 is 9.32 Å². The molecular formula is C39H49NO. The second-order valence-electron chi connectivity index (χ2n) is 14.1. The fraction of sp³-hybridized carbons (Fsp3) is 0.487. The van der Waals surface area contributed by atoms with E-state index in [1.54, 1.807) is 0 Å². The predicted molar refractivity (Wildman–Crippen MR) is 175 cm³/mol. The first-order chi connectivity index (χ1) is 19.4. The predicted octanol–water partition coefficient (Wildman–Crippen LogP) is 10.4. The molecule has 1 fully saturated rings. The molecule has 0 bridgehead atoms. The third-order valence-corrected chi connectivity index (χ3v) is 11.4. The van der Waals surface area contributed by atoms with Gasteiger partial charge in [0, 0.05) is 37.2 Å². The zero-order valence-corrected chi connectivity index (χ0v) is 26.6. The average Bonchev–Trinajstić information content (AvgIpc) is 3.58. The highest BCUT2D eigenvalue weighted by atomic mass is 16.3. The monoisotopic (exact) mass is 547 g/mol. The first-order valence-corrected chi connectivity index (χ1v) is 15.8. The first kappa shape index (κ1) is 28.1. The number of benzene rings is 1. The SMILES string of the molecule is C=C(C)C1=C(C)C[C@@H]2C[C@@H]3Cc4c(N(C)C)cc(-c5ccc(CC6CCCC6)o5)c(C)c4C(=C)C3=C(C)[C@]2(C)C1=C. The van der Waals surface area contributed by atoms with Gasteiger partial charge >= 0.3 is 0 Å². The van der Waals surface area contributed by atoms with Crippen LogP contribution in [0.4, 0.5) is 5.69 Å². The Morgan fingerprint density at radius 2 is 1.78 bits per heavy atom. The molecule has 0 unspecified atom stereocenters. The van der Waals surface area contributed by atoms with E-state index in [1.165, 1.54) is 93.5 Å². The number of furan rings is 1. The summed E-state index contributed by atoms with van der Waals surface area (Å²) in [5.74, 6) is 3.95. The number of hydrogen-bond acceptors (Lipinski definition) is 2. The summed E-state index contributed by atoms with van der Waals surface area (Å²) in [6.45, 7) is 25.5. The minimum Gasteiger partial charge on any atom is -0.461 e. The summed E-state index contributed by atoms with van der Waals surface area (Å²) < 4.78 is 6.56. The largest absolute Gasteiger partial charge is 0.461 e. The van der Waals surface area contributed by atoms with Crippen LogP contribution in [0.5, 0.6) is 0 Å². The molecule has 0 aliphatic heterocycles. The third kappa shape index (κ3) is 4.27. The molecule has 4 aliphatic carbocycles. The van der Waals surface area contributed by atoms with Gasteiger partial charge in [0.1, 0.15) is 11.5 Å². The normalized spacial score (nSPS) is 26.3. The smallest absolute Gasteiger partial charge is 0.134 e. The minimum absolute atomic E-state index is 0.0634. The lowest BCUT2D eigenvalue weighted by Gasteiger charge is -2.53. The zero-order valence-electron chi connectivity index (χ0n) is 26.6. The van der Waals surface area contributed by atoms with E-state index >= 15 is 0 Å². The van der Waals surface area contributed by atoms with E-state index in [1.807, 2.05) is 0 Å². The van der Waals surface area contributed by atoms with Crippen molar-refractivity contribution in [1.82, 2.24) is 0 Å². The van der Waals surface area contributed by atoms with Crippen molar-refractivity contribution in [3.05, 3.63) is 93.8 Å². The Morgan fingerprint density at radius 3 is 2.44 bits per heavy atom. The number of hydrogen-bond donors (Lipinski definition) is 0. The van der Waals surface area contributed by atoms with Crippen molar-refractivity contribution in [2.75, 3.05) is 19.0 Å². The lowest BCUT2D eigenvalue weighted by molar-refractivity contribution is 0.208. The van der Waals surface area contributed by atoms with Crippen molar-refractivity contribution < 1.29 is 4.42 Å². The number of nitrogens with zero attached hydrogens (tertiary/aromatic N) is 1. The highest BCUT2D eigenvalue weighted by molar-refractivity contribution is 5.91. The number of rotatable bonds is 5. The first-order valence-electron chi connectivity index (χ1n) is 15.8. The number of anilines is 1. The van der Waals surface area contributed by atoms with Crippen LogP contribution < -0.4 is 4.90 Å². The second kappa shape index (κ2) is 10.1. The summed E-state index contributed by atoms with van der Waals surface area (Å²) in [7, 11) is 4.36. The van der Waals surface area contributed by atoms with Gasteiger partial charge in [-0.05, 0) is 122 Å². The van der Waals surface area contributed by atoms with Crippen molar-refractivity contribution >= 4 is 11.3 Å². The molecule has 2 aromatic rings. The summed E-state index contributed by atoms with van der Waals surface area (Å²) in [6.07, 6.45) is 9.84. The van der Waals surface area contributed by atoms with E-state index in [4.69, 9.17) is 17.6 Å². The second-order valence-corrected chi connectivity index (χ2v) is 14.1. The molecule has 2 heteroatoms. The van der Waals surface area contributed by atoms with E-state index in [0.717, 1.165) is 42.3 Å². The number of allylic oxidation sites excluding steroid dienone is 7. The van der Waals surface area contributed by atoms with Crippen molar-refractivity contribution in [2.45, 2.75) is 86.0 Å². The number of fused-ring (bicyclic) bond motifs is 3. The molecule has 6 rings (SSSR count). The molecule has 1 heterocycles. The van der Waals surface area contributed by atoms with Gasteiger partial charge in [0.25, 0.3) is 0 Å². The van der Waals surface area contributed by atoms with E-state index in [0.29, 0.717) is 11.8 Å². The van der Waals surface area contributed by atoms with E-state index in [2.05, 4.69) is 78.4 Å². The molecule has 3 atom stereocenters. The molecular weight excluding hydrogens is 498 g/mol. The fourth-order valence-electron chi connectivity index (χ4n) is 9.22. The van der Waals surface area contributed by atoms with Gasteiger partial charge in [-0.2, -0.15) is 0 Å². The maximum atomic E-state index is 6.56. The maximum absolute atomic E-state index is 6.56. The molecule has 0 saturated heterocycles. The van der Waals surface area contributed by atoms with Gasteiger partial charge in [-0.25, -0.2) is 0 Å². The Morgan fingerprint density at radius 1 is 1.07 bits per heavy atom. The summed E-state index contributed by atoms with van der Waals surface area (Å²) in [4.78, 5) is 2.29. The molecule has 1 aromatic heterocycles. The Hall–Kier alpha value is -3.00. The zero-order chi connectivity index (χ0) is 29.4. The molecule has 216 valence electrons. The van der Waals surface area contributed by atoms with Gasteiger partial charge in [0.2, 0.25) is 0 Å². The Bertz CT molecular complexity index is 1530. The summed E-state index contributed by atoms with van der Waals surface area (Å²) >= 11 is 0. The molecule has 2 nitrogen and oxygen atoms in total. The molecule has 41 heavy (non-hydrogen) atoms. The molecule has 1 saturated carbocycles. The van der Waals surface area contributed by atoms with E-state index < -0.39 is 0 Å². The summed E-state index contributed by atoms with van der Waals surface area (Å²) in [5, 5.41) is 0. The molecule has 1 aromatic carbocycles. The van der Waals surface area contributed by atoms with Crippen LogP contribution in [0.2, 0.25) is 0 Å². The molecule has 0 amide bonds. The van der Waals surface area contributed by atoms with Crippen LogP contribution >= 0.6 is 0 Å². The quantitative estimate of drug-likeness (QED) is 0.370. The average molecular weight is 548 g/mol. The van der Waals surface area contributed by atoms with Crippen LogP contribution in [0.15, 0.2) is 75.8 Å². The maximum Gasteiger partial charge on any atom is 0.134 e. The molecule has 4 aliphatic rings. The summed E-state index contributed by atoms with van der Waals surface area (Å²) in [6, 6.07) is 6.79. The van der Waals surface area contributed by atoms with Crippen LogP contribution in [0, 0.1) is 30.1 Å².